The molecule has 2 aliphatic heterocycles. The number of nitro groups is 1. The van der Waals surface area contributed by atoms with Crippen LogP contribution in [0.3, 0.4) is 0 Å². The van der Waals surface area contributed by atoms with E-state index in [-0.39, 0.29) is 17.8 Å². The zero-order chi connectivity index (χ0) is 14.3. The number of carbonyl (C=O) groups excluding carboxylic acids is 1. The largest absolute Gasteiger partial charge is 0.358 e. The molecule has 2 saturated heterocycles. The van der Waals surface area contributed by atoms with Gasteiger partial charge in [-0.1, -0.05) is 0 Å². The molecule has 7 heteroatoms. The molecule has 2 aliphatic rings. The first-order chi connectivity index (χ1) is 9.54. The molecule has 1 aromatic heterocycles. The number of nitrogens with zero attached hydrogens (tertiary/aromatic N) is 2. The lowest BCUT2D eigenvalue weighted by atomic mass is 10.00. The van der Waals surface area contributed by atoms with Gasteiger partial charge in [-0.2, -0.15) is 0 Å². The summed E-state index contributed by atoms with van der Waals surface area (Å²) in [6.07, 6.45) is 4.23. The van der Waals surface area contributed by atoms with Gasteiger partial charge in [0.1, 0.15) is 0 Å². The maximum Gasteiger partial charge on any atom is 0.323 e. The molecule has 1 aromatic rings. The lowest BCUT2D eigenvalue weighted by molar-refractivity contribution is -0.391. The first-order valence-corrected chi connectivity index (χ1v) is 6.91. The second-order valence-corrected chi connectivity index (χ2v) is 5.67. The minimum Gasteiger partial charge on any atom is -0.358 e. The number of piperidine rings is 1. The van der Waals surface area contributed by atoms with Gasteiger partial charge in [-0.3, -0.25) is 4.79 Å². The summed E-state index contributed by atoms with van der Waals surface area (Å²) in [5, 5.41) is 17.3. The molecule has 0 spiro atoms. The molecule has 2 N–H and O–H groups in total. The maximum absolute atomic E-state index is 12.2. The number of rotatable bonds is 3. The van der Waals surface area contributed by atoms with Gasteiger partial charge in [0.05, 0.1) is 7.05 Å². The number of nitrogens with one attached hydrogen (secondary N) is 2. The predicted octanol–water partition coefficient (Wildman–Crippen LogP) is 0.946. The Kier molecular flexibility index (Phi) is 3.21. The van der Waals surface area contributed by atoms with Crippen LogP contribution in [0.4, 0.5) is 5.82 Å². The third-order valence-electron chi connectivity index (χ3n) is 4.32. The second kappa shape index (κ2) is 4.90. The van der Waals surface area contributed by atoms with Crippen molar-refractivity contribution in [2.24, 2.45) is 7.05 Å². The molecule has 0 saturated carbocycles. The predicted molar refractivity (Wildman–Crippen MR) is 72.5 cm³/mol. The van der Waals surface area contributed by atoms with E-state index in [2.05, 4.69) is 10.6 Å². The third kappa shape index (κ3) is 2.29. The quantitative estimate of drug-likeness (QED) is 0.636. The van der Waals surface area contributed by atoms with Crippen LogP contribution in [0.15, 0.2) is 12.1 Å². The minimum atomic E-state index is -0.485. The highest BCUT2D eigenvalue weighted by molar-refractivity contribution is 5.93. The lowest BCUT2D eigenvalue weighted by Crippen LogP contribution is -2.48. The highest BCUT2D eigenvalue weighted by atomic mass is 16.6. The van der Waals surface area contributed by atoms with Crippen molar-refractivity contribution in [1.29, 1.82) is 0 Å². The molecule has 7 nitrogen and oxygen atoms in total. The van der Waals surface area contributed by atoms with Crippen LogP contribution in [0.25, 0.3) is 0 Å². The molecule has 2 unspecified atom stereocenters. The van der Waals surface area contributed by atoms with Gasteiger partial charge < -0.3 is 20.7 Å². The highest BCUT2D eigenvalue weighted by Crippen LogP contribution is 2.27. The van der Waals surface area contributed by atoms with Crippen molar-refractivity contribution in [3.63, 3.8) is 0 Å². The van der Waals surface area contributed by atoms with E-state index in [1.54, 1.807) is 7.05 Å². The molecule has 3 rings (SSSR count). The van der Waals surface area contributed by atoms with Crippen LogP contribution < -0.4 is 10.6 Å². The molecular weight excluding hydrogens is 260 g/mol. The van der Waals surface area contributed by atoms with Crippen molar-refractivity contribution in [3.05, 3.63) is 27.9 Å². The van der Waals surface area contributed by atoms with E-state index in [0.717, 1.165) is 12.8 Å². The molecule has 1 amide bonds. The zero-order valence-electron chi connectivity index (χ0n) is 11.3. The molecule has 0 radical (unpaired) electrons. The molecule has 2 bridgehead atoms. The molecule has 2 fully saturated rings. The Morgan fingerprint density at radius 2 is 2.05 bits per heavy atom. The molecular formula is C13H18N4O3. The first-order valence-electron chi connectivity index (χ1n) is 6.91. The summed E-state index contributed by atoms with van der Waals surface area (Å²) in [6, 6.07) is 4.03. The van der Waals surface area contributed by atoms with E-state index in [4.69, 9.17) is 0 Å². The van der Waals surface area contributed by atoms with E-state index in [1.165, 1.54) is 29.5 Å². The third-order valence-corrected chi connectivity index (χ3v) is 4.32. The van der Waals surface area contributed by atoms with Gasteiger partial charge in [0.25, 0.3) is 5.91 Å². The van der Waals surface area contributed by atoms with Crippen LogP contribution in [-0.2, 0) is 7.05 Å². The van der Waals surface area contributed by atoms with Gasteiger partial charge >= 0.3 is 5.82 Å². The summed E-state index contributed by atoms with van der Waals surface area (Å²) >= 11 is 0. The van der Waals surface area contributed by atoms with E-state index >= 15 is 0 Å². The number of hydrogen-bond acceptors (Lipinski definition) is 4. The summed E-state index contributed by atoms with van der Waals surface area (Å²) in [7, 11) is 1.54. The Hall–Kier alpha value is -1.89. The second-order valence-electron chi connectivity index (χ2n) is 5.67. The van der Waals surface area contributed by atoms with Crippen LogP contribution in [0.5, 0.6) is 0 Å². The van der Waals surface area contributed by atoms with Gasteiger partial charge in [-0.25, -0.2) is 4.57 Å². The Morgan fingerprint density at radius 1 is 1.40 bits per heavy atom. The summed E-state index contributed by atoms with van der Waals surface area (Å²) in [4.78, 5) is 22.5. The van der Waals surface area contributed by atoms with Crippen LogP contribution in [0.2, 0.25) is 0 Å². The van der Waals surface area contributed by atoms with Crippen LogP contribution in [0, 0.1) is 10.1 Å². The Morgan fingerprint density at radius 3 is 2.60 bits per heavy atom. The van der Waals surface area contributed by atoms with Crippen LogP contribution in [-0.4, -0.2) is 33.5 Å². The Bertz CT molecular complexity index is 542. The van der Waals surface area contributed by atoms with Gasteiger partial charge in [0.15, 0.2) is 5.69 Å². The molecule has 0 aromatic carbocycles. The van der Waals surface area contributed by atoms with E-state index in [1.807, 2.05) is 0 Å². The summed E-state index contributed by atoms with van der Waals surface area (Å²) in [6.45, 7) is 0. The normalized spacial score (nSPS) is 28.4. The summed E-state index contributed by atoms with van der Waals surface area (Å²) in [5.74, 6) is -0.299. The van der Waals surface area contributed by atoms with Crippen LogP contribution in [0.1, 0.15) is 36.2 Å². The van der Waals surface area contributed by atoms with Crippen molar-refractivity contribution in [1.82, 2.24) is 15.2 Å². The summed E-state index contributed by atoms with van der Waals surface area (Å²) in [5.41, 5.74) is 0.336. The molecule has 20 heavy (non-hydrogen) atoms. The van der Waals surface area contributed by atoms with E-state index in [9.17, 15) is 14.9 Å². The minimum absolute atomic E-state index is 0.0690. The molecule has 0 aliphatic carbocycles. The Balaban J connectivity index is 1.69. The SMILES string of the molecule is Cn1c(C(=O)NC2CC3CCC(C2)N3)ccc1[N+](=O)[O-]. The van der Waals surface area contributed by atoms with Gasteiger partial charge in [-0.05, 0) is 36.7 Å². The van der Waals surface area contributed by atoms with Crippen molar-refractivity contribution < 1.29 is 9.72 Å². The fraction of sp³-hybridized carbons (Fsp3) is 0.615. The van der Waals surface area contributed by atoms with E-state index in [0.29, 0.717) is 17.8 Å². The fourth-order valence-corrected chi connectivity index (χ4v) is 3.35. The zero-order valence-corrected chi connectivity index (χ0v) is 11.3. The Labute approximate surface area is 116 Å². The van der Waals surface area contributed by atoms with Crippen molar-refractivity contribution in [2.75, 3.05) is 0 Å². The van der Waals surface area contributed by atoms with Gasteiger partial charge in [0.2, 0.25) is 0 Å². The lowest BCUT2D eigenvalue weighted by Gasteiger charge is -2.29. The number of aromatic nitrogens is 1. The number of carbonyl (C=O) groups is 1. The van der Waals surface area contributed by atoms with Gasteiger partial charge in [-0.15, -0.1) is 0 Å². The summed E-state index contributed by atoms with van der Waals surface area (Å²) < 4.78 is 1.32. The van der Waals surface area contributed by atoms with Crippen LogP contribution >= 0.6 is 0 Å². The number of fused-ring (bicyclic) bond motifs is 2. The smallest absolute Gasteiger partial charge is 0.323 e. The average Bonchev–Trinajstić information content (AvgIpc) is 2.92. The van der Waals surface area contributed by atoms with E-state index < -0.39 is 4.92 Å². The van der Waals surface area contributed by atoms with Crippen molar-refractivity contribution in [2.45, 2.75) is 43.8 Å². The number of amides is 1. The van der Waals surface area contributed by atoms with Gasteiger partial charge in [0, 0.05) is 24.2 Å². The molecule has 108 valence electrons. The maximum atomic E-state index is 12.2. The topological polar surface area (TPSA) is 89.2 Å². The fourth-order valence-electron chi connectivity index (χ4n) is 3.35. The first kappa shape index (κ1) is 13.1. The standard InChI is InChI=1S/C13H18N4O3/c1-16-11(4-5-12(16)17(19)20)13(18)15-10-6-8-2-3-9(7-10)14-8/h4-5,8-10,14H,2-3,6-7H2,1H3,(H,15,18). The molecule has 2 atom stereocenters. The van der Waals surface area contributed by atoms with Crippen molar-refractivity contribution in [3.8, 4) is 0 Å². The molecule has 3 heterocycles. The number of hydrogen-bond donors (Lipinski definition) is 2. The highest BCUT2D eigenvalue weighted by Gasteiger charge is 2.34. The monoisotopic (exact) mass is 278 g/mol. The van der Waals surface area contributed by atoms with Crippen molar-refractivity contribution >= 4 is 11.7 Å². The average molecular weight is 278 g/mol.